The summed E-state index contributed by atoms with van der Waals surface area (Å²) in [5.74, 6) is 0.893. The van der Waals surface area contributed by atoms with Crippen molar-refractivity contribution in [1.82, 2.24) is 10.2 Å². The highest BCUT2D eigenvalue weighted by atomic mass is 15.2. The highest BCUT2D eigenvalue weighted by molar-refractivity contribution is 5.30. The fourth-order valence-corrected chi connectivity index (χ4v) is 3.53. The maximum atomic E-state index is 3.64. The van der Waals surface area contributed by atoms with Crippen LogP contribution in [0.5, 0.6) is 0 Å². The zero-order chi connectivity index (χ0) is 12.5. The molecule has 2 aliphatic rings. The van der Waals surface area contributed by atoms with E-state index < -0.39 is 0 Å². The van der Waals surface area contributed by atoms with Gasteiger partial charge in [-0.05, 0) is 56.8 Å². The Bertz CT molecular complexity index is 427. The summed E-state index contributed by atoms with van der Waals surface area (Å²) >= 11 is 0. The van der Waals surface area contributed by atoms with Gasteiger partial charge in [-0.2, -0.15) is 0 Å². The first-order chi connectivity index (χ1) is 8.72. The summed E-state index contributed by atoms with van der Waals surface area (Å²) in [6, 6.07) is 7.66. The predicted molar refractivity (Wildman–Crippen MR) is 75.7 cm³/mol. The van der Waals surface area contributed by atoms with Crippen molar-refractivity contribution in [3.05, 3.63) is 34.9 Å². The van der Waals surface area contributed by atoms with Crippen LogP contribution in [0, 0.1) is 19.8 Å². The molecule has 0 radical (unpaired) electrons. The van der Waals surface area contributed by atoms with Crippen molar-refractivity contribution < 1.29 is 0 Å². The van der Waals surface area contributed by atoms with Gasteiger partial charge in [-0.1, -0.05) is 23.8 Å². The number of benzene rings is 1. The molecule has 18 heavy (non-hydrogen) atoms. The molecular weight excluding hydrogens is 220 g/mol. The minimum absolute atomic E-state index is 0.806. The molecule has 1 aromatic carbocycles. The van der Waals surface area contributed by atoms with Crippen molar-refractivity contribution in [1.29, 1.82) is 0 Å². The zero-order valence-electron chi connectivity index (χ0n) is 11.6. The first kappa shape index (κ1) is 12.2. The van der Waals surface area contributed by atoms with E-state index in [1.54, 1.807) is 0 Å². The predicted octanol–water partition coefficient (Wildman–Crippen LogP) is 2.49. The molecule has 2 fully saturated rings. The summed E-state index contributed by atoms with van der Waals surface area (Å²) in [5, 5.41) is 3.64. The summed E-state index contributed by atoms with van der Waals surface area (Å²) in [6.07, 6.45) is 2.70. The molecule has 98 valence electrons. The van der Waals surface area contributed by atoms with Gasteiger partial charge in [0.05, 0.1) is 0 Å². The Morgan fingerprint density at radius 2 is 2.17 bits per heavy atom. The molecule has 2 heterocycles. The number of hydrogen-bond donors (Lipinski definition) is 1. The number of rotatable bonds is 2. The molecule has 2 nitrogen and oxygen atoms in total. The summed E-state index contributed by atoms with van der Waals surface area (Å²) in [4.78, 5) is 2.64. The van der Waals surface area contributed by atoms with Gasteiger partial charge in [0.1, 0.15) is 0 Å². The molecule has 2 saturated heterocycles. The lowest BCUT2D eigenvalue weighted by atomic mass is 9.93. The van der Waals surface area contributed by atoms with Gasteiger partial charge in [0, 0.05) is 19.1 Å². The van der Waals surface area contributed by atoms with E-state index in [1.165, 1.54) is 49.2 Å². The molecule has 0 saturated carbocycles. The molecule has 2 atom stereocenters. The Balaban J connectivity index is 1.66. The van der Waals surface area contributed by atoms with Crippen molar-refractivity contribution >= 4 is 0 Å². The summed E-state index contributed by atoms with van der Waals surface area (Å²) in [5.41, 5.74) is 4.32. The monoisotopic (exact) mass is 244 g/mol. The van der Waals surface area contributed by atoms with Gasteiger partial charge in [-0.3, -0.25) is 4.90 Å². The fourth-order valence-electron chi connectivity index (χ4n) is 3.53. The standard InChI is InChI=1S/C16H24N2/c1-12-3-4-14(13(2)9-12)10-18-8-6-16-15(11-18)5-7-17-16/h3-4,9,15-17H,5-8,10-11H2,1-2H3. The van der Waals surface area contributed by atoms with E-state index in [0.717, 1.165) is 18.5 Å². The van der Waals surface area contributed by atoms with E-state index in [-0.39, 0.29) is 0 Å². The van der Waals surface area contributed by atoms with E-state index in [2.05, 4.69) is 42.3 Å². The lowest BCUT2D eigenvalue weighted by Gasteiger charge is -2.35. The number of fused-ring (bicyclic) bond motifs is 1. The van der Waals surface area contributed by atoms with Crippen molar-refractivity contribution in [2.45, 2.75) is 39.3 Å². The first-order valence-corrected chi connectivity index (χ1v) is 7.24. The Morgan fingerprint density at radius 3 is 3.00 bits per heavy atom. The minimum Gasteiger partial charge on any atom is -0.314 e. The number of aryl methyl sites for hydroxylation is 2. The van der Waals surface area contributed by atoms with Crippen molar-refractivity contribution in [2.24, 2.45) is 5.92 Å². The molecule has 1 N–H and O–H groups in total. The Labute approximate surface area is 110 Å². The molecule has 0 aromatic heterocycles. The van der Waals surface area contributed by atoms with Crippen LogP contribution in [-0.2, 0) is 6.54 Å². The van der Waals surface area contributed by atoms with Crippen molar-refractivity contribution in [3.63, 3.8) is 0 Å². The van der Waals surface area contributed by atoms with Crippen LogP contribution in [0.25, 0.3) is 0 Å². The average molecular weight is 244 g/mol. The van der Waals surface area contributed by atoms with Gasteiger partial charge in [-0.15, -0.1) is 0 Å². The average Bonchev–Trinajstić information content (AvgIpc) is 2.80. The molecule has 2 aliphatic heterocycles. The normalized spacial score (nSPS) is 28.3. The van der Waals surface area contributed by atoms with Gasteiger partial charge in [0.2, 0.25) is 0 Å². The highest BCUT2D eigenvalue weighted by Crippen LogP contribution is 2.26. The summed E-state index contributed by atoms with van der Waals surface area (Å²) < 4.78 is 0. The van der Waals surface area contributed by atoms with Gasteiger partial charge < -0.3 is 5.32 Å². The minimum atomic E-state index is 0.806. The molecule has 1 aromatic rings. The Kier molecular flexibility index (Phi) is 3.40. The van der Waals surface area contributed by atoms with Crippen LogP contribution in [0.4, 0.5) is 0 Å². The first-order valence-electron chi connectivity index (χ1n) is 7.24. The molecule has 3 rings (SSSR count). The SMILES string of the molecule is Cc1ccc(CN2CCC3NCCC3C2)c(C)c1. The van der Waals surface area contributed by atoms with Crippen molar-refractivity contribution in [2.75, 3.05) is 19.6 Å². The maximum Gasteiger partial charge on any atom is 0.0236 e. The quantitative estimate of drug-likeness (QED) is 0.860. The van der Waals surface area contributed by atoms with Crippen LogP contribution in [0.3, 0.4) is 0 Å². The number of hydrogen-bond acceptors (Lipinski definition) is 2. The summed E-state index contributed by atoms with van der Waals surface area (Å²) in [7, 11) is 0. The Hall–Kier alpha value is -0.860. The third-order valence-corrected chi connectivity index (χ3v) is 4.63. The van der Waals surface area contributed by atoms with Crippen LogP contribution >= 0.6 is 0 Å². The molecule has 2 unspecified atom stereocenters. The molecule has 0 amide bonds. The smallest absolute Gasteiger partial charge is 0.0236 e. The Morgan fingerprint density at radius 1 is 1.28 bits per heavy atom. The van der Waals surface area contributed by atoms with Gasteiger partial charge in [0.15, 0.2) is 0 Å². The van der Waals surface area contributed by atoms with Crippen LogP contribution in [-0.4, -0.2) is 30.6 Å². The lowest BCUT2D eigenvalue weighted by molar-refractivity contribution is 0.155. The number of likely N-dealkylation sites (tertiary alicyclic amines) is 1. The second-order valence-corrected chi connectivity index (χ2v) is 6.06. The van der Waals surface area contributed by atoms with Gasteiger partial charge in [0.25, 0.3) is 0 Å². The van der Waals surface area contributed by atoms with E-state index >= 15 is 0 Å². The zero-order valence-corrected chi connectivity index (χ0v) is 11.6. The molecule has 0 spiro atoms. The number of nitrogens with one attached hydrogen (secondary N) is 1. The largest absolute Gasteiger partial charge is 0.314 e. The second-order valence-electron chi connectivity index (χ2n) is 6.06. The summed E-state index contributed by atoms with van der Waals surface area (Å²) in [6.45, 7) is 9.31. The fraction of sp³-hybridized carbons (Fsp3) is 0.625. The van der Waals surface area contributed by atoms with E-state index in [9.17, 15) is 0 Å². The van der Waals surface area contributed by atoms with E-state index in [1.807, 2.05) is 0 Å². The van der Waals surface area contributed by atoms with E-state index in [4.69, 9.17) is 0 Å². The molecular formula is C16H24N2. The molecule has 2 heteroatoms. The maximum absolute atomic E-state index is 3.64. The van der Waals surface area contributed by atoms with Crippen LogP contribution in [0.2, 0.25) is 0 Å². The van der Waals surface area contributed by atoms with Gasteiger partial charge >= 0.3 is 0 Å². The van der Waals surface area contributed by atoms with Crippen molar-refractivity contribution in [3.8, 4) is 0 Å². The van der Waals surface area contributed by atoms with E-state index in [0.29, 0.717) is 0 Å². The topological polar surface area (TPSA) is 15.3 Å². The number of piperidine rings is 1. The third-order valence-electron chi connectivity index (χ3n) is 4.63. The highest BCUT2D eigenvalue weighted by Gasteiger charge is 2.32. The third kappa shape index (κ3) is 2.45. The van der Waals surface area contributed by atoms with Gasteiger partial charge in [-0.25, -0.2) is 0 Å². The number of nitrogens with zero attached hydrogens (tertiary/aromatic N) is 1. The molecule has 0 bridgehead atoms. The van der Waals surface area contributed by atoms with Crippen LogP contribution < -0.4 is 5.32 Å². The second kappa shape index (κ2) is 5.02. The van der Waals surface area contributed by atoms with Crippen LogP contribution in [0.15, 0.2) is 18.2 Å². The molecule has 0 aliphatic carbocycles. The van der Waals surface area contributed by atoms with Crippen LogP contribution in [0.1, 0.15) is 29.5 Å². The lowest BCUT2D eigenvalue weighted by Crippen LogP contribution is -2.44.